The van der Waals surface area contributed by atoms with E-state index in [0.29, 0.717) is 29.2 Å². The normalized spacial score (nSPS) is 19.6. The lowest BCUT2D eigenvalue weighted by Gasteiger charge is -2.32. The summed E-state index contributed by atoms with van der Waals surface area (Å²) in [6.45, 7) is 4.43. The Morgan fingerprint density at radius 1 is 1.08 bits per heavy atom. The standard InChI is InChI=1S/C21H22N2O3/c1-22-9-11-23(12-10-22)14-17-18(24)8-7-16-20(25)19(26-21(16)17)13-15-5-3-2-4-6-15/h2-8,13,24H,9-12,14H2,1H3. The molecule has 0 unspecified atom stereocenters. The van der Waals surface area contributed by atoms with Crippen molar-refractivity contribution in [1.29, 1.82) is 0 Å². The van der Waals surface area contributed by atoms with Crippen LogP contribution in [0.3, 0.4) is 0 Å². The third-order valence-electron chi connectivity index (χ3n) is 4.99. The van der Waals surface area contributed by atoms with Gasteiger partial charge in [0.15, 0.2) is 5.76 Å². The van der Waals surface area contributed by atoms with Gasteiger partial charge in [-0.05, 0) is 30.8 Å². The molecule has 1 saturated heterocycles. The Hall–Kier alpha value is -2.63. The molecule has 2 aliphatic heterocycles. The lowest BCUT2D eigenvalue weighted by Crippen LogP contribution is -2.43. The molecule has 0 radical (unpaired) electrons. The Bertz CT molecular complexity index is 853. The van der Waals surface area contributed by atoms with Crippen LogP contribution in [-0.4, -0.2) is 53.9 Å². The molecule has 0 amide bonds. The molecule has 2 aromatic rings. The number of hydrogen-bond donors (Lipinski definition) is 1. The number of fused-ring (bicyclic) bond motifs is 1. The first kappa shape index (κ1) is 16.8. The quantitative estimate of drug-likeness (QED) is 0.863. The minimum Gasteiger partial charge on any atom is -0.507 e. The minimum atomic E-state index is -0.136. The number of allylic oxidation sites excluding steroid dienone is 1. The zero-order chi connectivity index (χ0) is 18.1. The van der Waals surface area contributed by atoms with Crippen LogP contribution in [0.2, 0.25) is 0 Å². The molecule has 2 aromatic carbocycles. The number of piperazine rings is 1. The van der Waals surface area contributed by atoms with Gasteiger partial charge in [-0.2, -0.15) is 0 Å². The van der Waals surface area contributed by atoms with Crippen LogP contribution >= 0.6 is 0 Å². The van der Waals surface area contributed by atoms with E-state index in [2.05, 4.69) is 16.8 Å². The molecule has 0 saturated carbocycles. The number of rotatable bonds is 3. The molecular formula is C21H22N2O3. The molecule has 2 aliphatic rings. The van der Waals surface area contributed by atoms with E-state index in [4.69, 9.17) is 4.74 Å². The zero-order valence-corrected chi connectivity index (χ0v) is 14.8. The number of benzene rings is 2. The second-order valence-corrected chi connectivity index (χ2v) is 6.87. The number of ether oxygens (including phenoxy) is 1. The van der Waals surface area contributed by atoms with Gasteiger partial charge in [-0.15, -0.1) is 0 Å². The largest absolute Gasteiger partial charge is 0.507 e. The number of ketones is 1. The highest BCUT2D eigenvalue weighted by atomic mass is 16.5. The summed E-state index contributed by atoms with van der Waals surface area (Å²) in [5.74, 6) is 0.840. The number of phenols is 1. The number of likely N-dealkylation sites (N-methyl/N-ethyl adjacent to an activating group) is 1. The lowest BCUT2D eigenvalue weighted by molar-refractivity contribution is 0.101. The van der Waals surface area contributed by atoms with Crippen LogP contribution in [0.1, 0.15) is 21.5 Å². The highest BCUT2D eigenvalue weighted by molar-refractivity contribution is 6.15. The van der Waals surface area contributed by atoms with Gasteiger partial charge in [0.1, 0.15) is 11.5 Å². The minimum absolute atomic E-state index is 0.136. The number of phenolic OH excluding ortho intramolecular Hbond substituents is 1. The van der Waals surface area contributed by atoms with Crippen LogP contribution in [0.15, 0.2) is 48.2 Å². The van der Waals surface area contributed by atoms with Gasteiger partial charge in [0.05, 0.1) is 11.1 Å². The zero-order valence-electron chi connectivity index (χ0n) is 14.8. The Kier molecular flexibility index (Phi) is 4.49. The summed E-state index contributed by atoms with van der Waals surface area (Å²) in [7, 11) is 2.11. The van der Waals surface area contributed by atoms with E-state index in [1.807, 2.05) is 30.3 Å². The molecule has 0 spiro atoms. The van der Waals surface area contributed by atoms with Crippen molar-refractivity contribution in [2.75, 3.05) is 33.2 Å². The van der Waals surface area contributed by atoms with Crippen molar-refractivity contribution >= 4 is 11.9 Å². The van der Waals surface area contributed by atoms with Crippen LogP contribution in [0, 0.1) is 0 Å². The predicted molar refractivity (Wildman–Crippen MR) is 100 cm³/mol. The average molecular weight is 350 g/mol. The van der Waals surface area contributed by atoms with E-state index in [9.17, 15) is 9.90 Å². The summed E-state index contributed by atoms with van der Waals surface area (Å²) in [6.07, 6.45) is 1.75. The van der Waals surface area contributed by atoms with Gasteiger partial charge in [0, 0.05) is 32.7 Å². The molecule has 0 atom stereocenters. The highest BCUT2D eigenvalue weighted by Gasteiger charge is 2.32. The van der Waals surface area contributed by atoms with Gasteiger partial charge in [0.25, 0.3) is 0 Å². The monoisotopic (exact) mass is 350 g/mol. The van der Waals surface area contributed by atoms with Gasteiger partial charge in [-0.1, -0.05) is 30.3 Å². The predicted octanol–water partition coefficient (Wildman–Crippen LogP) is 2.76. The van der Waals surface area contributed by atoms with Gasteiger partial charge in [-0.3, -0.25) is 9.69 Å². The van der Waals surface area contributed by atoms with Crippen LogP contribution in [0.4, 0.5) is 0 Å². The smallest absolute Gasteiger partial charge is 0.231 e. The molecule has 5 nitrogen and oxygen atoms in total. The van der Waals surface area contributed by atoms with Crippen molar-refractivity contribution in [2.24, 2.45) is 0 Å². The number of carbonyl (C=O) groups excluding carboxylic acids is 1. The Labute approximate surface area is 153 Å². The summed E-state index contributed by atoms with van der Waals surface area (Å²) < 4.78 is 5.91. The van der Waals surface area contributed by atoms with Gasteiger partial charge >= 0.3 is 0 Å². The summed E-state index contributed by atoms with van der Waals surface area (Å²) in [5.41, 5.74) is 2.12. The molecule has 0 aromatic heterocycles. The maximum atomic E-state index is 12.7. The van der Waals surface area contributed by atoms with Gasteiger partial charge in [0.2, 0.25) is 5.78 Å². The first-order chi connectivity index (χ1) is 12.6. The van der Waals surface area contributed by atoms with E-state index in [1.54, 1.807) is 18.2 Å². The fraction of sp³-hybridized carbons (Fsp3) is 0.286. The Morgan fingerprint density at radius 2 is 1.81 bits per heavy atom. The number of nitrogens with zero attached hydrogens (tertiary/aromatic N) is 2. The van der Waals surface area contributed by atoms with Crippen molar-refractivity contribution < 1.29 is 14.6 Å². The molecule has 1 N–H and O–H groups in total. The van der Waals surface area contributed by atoms with Gasteiger partial charge < -0.3 is 14.7 Å². The molecule has 1 fully saturated rings. The van der Waals surface area contributed by atoms with E-state index in [0.717, 1.165) is 31.7 Å². The first-order valence-corrected chi connectivity index (χ1v) is 8.87. The van der Waals surface area contributed by atoms with Crippen molar-refractivity contribution in [1.82, 2.24) is 9.80 Å². The third-order valence-corrected chi connectivity index (χ3v) is 4.99. The summed E-state index contributed by atoms with van der Waals surface area (Å²) in [5, 5.41) is 10.4. The number of Topliss-reactive ketones (excluding diaryl/α,β-unsaturated/α-hetero) is 1. The van der Waals surface area contributed by atoms with E-state index in [-0.39, 0.29) is 11.5 Å². The van der Waals surface area contributed by atoms with Crippen molar-refractivity contribution in [3.63, 3.8) is 0 Å². The van der Waals surface area contributed by atoms with Crippen LogP contribution in [0.25, 0.3) is 6.08 Å². The Balaban J connectivity index is 1.62. The topological polar surface area (TPSA) is 53.0 Å². The highest BCUT2D eigenvalue weighted by Crippen LogP contribution is 2.40. The maximum Gasteiger partial charge on any atom is 0.231 e. The third kappa shape index (κ3) is 3.23. The summed E-state index contributed by atoms with van der Waals surface area (Å²) >= 11 is 0. The van der Waals surface area contributed by atoms with Crippen molar-refractivity contribution in [3.05, 3.63) is 64.9 Å². The van der Waals surface area contributed by atoms with E-state index < -0.39 is 0 Å². The molecular weight excluding hydrogens is 328 g/mol. The molecule has 134 valence electrons. The molecule has 0 bridgehead atoms. The maximum absolute atomic E-state index is 12.7. The van der Waals surface area contributed by atoms with E-state index >= 15 is 0 Å². The molecule has 2 heterocycles. The van der Waals surface area contributed by atoms with Gasteiger partial charge in [-0.25, -0.2) is 0 Å². The van der Waals surface area contributed by atoms with Crippen LogP contribution in [0.5, 0.6) is 11.5 Å². The number of hydrogen-bond acceptors (Lipinski definition) is 5. The summed E-state index contributed by atoms with van der Waals surface area (Å²) in [4.78, 5) is 17.3. The van der Waals surface area contributed by atoms with Crippen LogP contribution < -0.4 is 4.74 Å². The molecule has 5 heteroatoms. The van der Waals surface area contributed by atoms with Crippen molar-refractivity contribution in [3.8, 4) is 11.5 Å². The SMILES string of the molecule is CN1CCN(Cc2c(O)ccc3c2OC(=Cc2ccccc2)C3=O)CC1. The second kappa shape index (κ2) is 6.94. The number of carbonyl (C=O) groups is 1. The Morgan fingerprint density at radius 3 is 2.54 bits per heavy atom. The van der Waals surface area contributed by atoms with Crippen LogP contribution in [-0.2, 0) is 6.54 Å². The van der Waals surface area contributed by atoms with Crippen molar-refractivity contribution in [2.45, 2.75) is 6.54 Å². The molecule has 26 heavy (non-hydrogen) atoms. The fourth-order valence-corrected chi connectivity index (χ4v) is 3.38. The second-order valence-electron chi connectivity index (χ2n) is 6.87. The first-order valence-electron chi connectivity index (χ1n) is 8.87. The summed E-state index contributed by atoms with van der Waals surface area (Å²) in [6, 6.07) is 12.9. The average Bonchev–Trinajstić information content (AvgIpc) is 2.96. The van der Waals surface area contributed by atoms with E-state index in [1.165, 1.54) is 0 Å². The fourth-order valence-electron chi connectivity index (χ4n) is 3.38. The molecule has 0 aliphatic carbocycles. The lowest BCUT2D eigenvalue weighted by atomic mass is 10.0. The molecule has 4 rings (SSSR count). The number of aromatic hydroxyl groups is 1.